The molecular formula is C31H28Br3FN4O4. The van der Waals surface area contributed by atoms with Crippen LogP contribution < -0.4 is 20.3 Å². The van der Waals surface area contributed by atoms with Crippen LogP contribution in [0, 0.1) is 5.82 Å². The molecule has 1 fully saturated rings. The quantitative estimate of drug-likeness (QED) is 0.173. The van der Waals surface area contributed by atoms with Gasteiger partial charge in [0.15, 0.2) is 18.1 Å². The van der Waals surface area contributed by atoms with Gasteiger partial charge in [0.05, 0.1) is 28.2 Å². The molecule has 1 N–H and O–H groups in total. The Labute approximate surface area is 273 Å². The number of carbonyl (C=O) groups excluding carboxylic acids is 1. The molecule has 4 aromatic rings. The van der Waals surface area contributed by atoms with Gasteiger partial charge in [0.25, 0.3) is 11.5 Å². The van der Waals surface area contributed by atoms with E-state index in [0.717, 1.165) is 30.2 Å². The number of anilines is 1. The first-order valence-electron chi connectivity index (χ1n) is 13.8. The molecule has 12 heteroatoms. The molecule has 0 atom stereocenters. The molecule has 0 radical (unpaired) electrons. The third kappa shape index (κ3) is 7.35. The molecule has 5 rings (SSSR count). The molecule has 0 saturated heterocycles. The Morgan fingerprint density at radius 1 is 1.09 bits per heavy atom. The van der Waals surface area contributed by atoms with Crippen LogP contribution in [-0.4, -0.2) is 35.0 Å². The van der Waals surface area contributed by atoms with Crippen molar-refractivity contribution in [1.29, 1.82) is 0 Å². The molecule has 1 aliphatic rings. The SMILES string of the molecule is CCOc1cc(C=Nn2c(C3CCCCC3)nc3ccc(Br)cc3c2=O)c(Br)c(Br)c1OCC(=O)Nc1cccc(F)c1. The van der Waals surface area contributed by atoms with Gasteiger partial charge in [-0.05, 0) is 94.1 Å². The van der Waals surface area contributed by atoms with E-state index >= 15 is 0 Å². The molecule has 224 valence electrons. The van der Waals surface area contributed by atoms with Gasteiger partial charge in [-0.3, -0.25) is 9.59 Å². The molecule has 1 saturated carbocycles. The number of carbonyl (C=O) groups is 1. The summed E-state index contributed by atoms with van der Waals surface area (Å²) in [6, 6.07) is 12.8. The number of amides is 1. The van der Waals surface area contributed by atoms with Crippen molar-refractivity contribution in [1.82, 2.24) is 9.66 Å². The van der Waals surface area contributed by atoms with Gasteiger partial charge in [-0.1, -0.05) is 41.3 Å². The van der Waals surface area contributed by atoms with Gasteiger partial charge < -0.3 is 14.8 Å². The molecular weight excluding hydrogens is 751 g/mol. The average molecular weight is 779 g/mol. The molecule has 1 aliphatic carbocycles. The van der Waals surface area contributed by atoms with Crippen molar-refractivity contribution in [3.63, 3.8) is 0 Å². The monoisotopic (exact) mass is 776 g/mol. The topological polar surface area (TPSA) is 94.8 Å². The number of nitrogens with one attached hydrogen (secondary N) is 1. The number of ether oxygens (including phenoxy) is 2. The zero-order valence-corrected chi connectivity index (χ0v) is 28.0. The summed E-state index contributed by atoms with van der Waals surface area (Å²) in [7, 11) is 0. The molecule has 0 bridgehead atoms. The fraction of sp³-hybridized carbons (Fsp3) is 0.290. The van der Waals surface area contributed by atoms with Gasteiger partial charge in [0.1, 0.15) is 11.6 Å². The zero-order valence-electron chi connectivity index (χ0n) is 23.2. The van der Waals surface area contributed by atoms with E-state index in [1.807, 2.05) is 19.1 Å². The number of hydrogen-bond acceptors (Lipinski definition) is 6. The molecule has 0 spiro atoms. The van der Waals surface area contributed by atoms with Crippen molar-refractivity contribution in [3.8, 4) is 11.5 Å². The summed E-state index contributed by atoms with van der Waals surface area (Å²) in [5, 5.41) is 7.73. The highest BCUT2D eigenvalue weighted by Gasteiger charge is 2.23. The summed E-state index contributed by atoms with van der Waals surface area (Å²) in [5.41, 5.74) is 1.34. The van der Waals surface area contributed by atoms with Gasteiger partial charge in [0, 0.05) is 26.1 Å². The lowest BCUT2D eigenvalue weighted by molar-refractivity contribution is -0.118. The number of rotatable bonds is 9. The number of benzene rings is 3. The maximum absolute atomic E-state index is 13.7. The van der Waals surface area contributed by atoms with Crippen LogP contribution in [0.25, 0.3) is 10.9 Å². The van der Waals surface area contributed by atoms with E-state index in [-0.39, 0.29) is 18.1 Å². The lowest BCUT2D eigenvalue weighted by Gasteiger charge is -2.23. The first kappa shape index (κ1) is 31.3. The van der Waals surface area contributed by atoms with Crippen LogP contribution in [0.1, 0.15) is 56.3 Å². The van der Waals surface area contributed by atoms with Crippen molar-refractivity contribution >= 4 is 76.5 Å². The molecule has 3 aromatic carbocycles. The van der Waals surface area contributed by atoms with Crippen LogP contribution in [-0.2, 0) is 4.79 Å². The second-order valence-electron chi connectivity index (χ2n) is 10.0. The first-order chi connectivity index (χ1) is 20.7. The van der Waals surface area contributed by atoms with Gasteiger partial charge in [0.2, 0.25) is 0 Å². The highest BCUT2D eigenvalue weighted by molar-refractivity contribution is 9.13. The van der Waals surface area contributed by atoms with Gasteiger partial charge in [-0.15, -0.1) is 0 Å². The number of aromatic nitrogens is 2. The van der Waals surface area contributed by atoms with E-state index in [9.17, 15) is 14.0 Å². The lowest BCUT2D eigenvalue weighted by Crippen LogP contribution is -2.25. The van der Waals surface area contributed by atoms with Crippen molar-refractivity contribution in [2.24, 2.45) is 5.10 Å². The van der Waals surface area contributed by atoms with E-state index in [2.05, 4.69) is 58.2 Å². The number of hydrogen-bond donors (Lipinski definition) is 1. The Morgan fingerprint density at radius 3 is 2.63 bits per heavy atom. The molecule has 0 unspecified atom stereocenters. The third-order valence-electron chi connectivity index (χ3n) is 7.03. The summed E-state index contributed by atoms with van der Waals surface area (Å²) in [6.45, 7) is 1.83. The van der Waals surface area contributed by atoms with E-state index in [0.29, 0.717) is 55.0 Å². The Hall–Kier alpha value is -3.09. The largest absolute Gasteiger partial charge is 0.490 e. The average Bonchev–Trinajstić information content (AvgIpc) is 2.99. The van der Waals surface area contributed by atoms with Crippen LogP contribution in [0.15, 0.2) is 71.8 Å². The van der Waals surface area contributed by atoms with Crippen molar-refractivity contribution < 1.29 is 18.7 Å². The Kier molecular flexibility index (Phi) is 10.3. The summed E-state index contributed by atoms with van der Waals surface area (Å²) >= 11 is 10.6. The fourth-order valence-electron chi connectivity index (χ4n) is 5.02. The maximum atomic E-state index is 13.7. The van der Waals surface area contributed by atoms with Crippen LogP contribution in [0.3, 0.4) is 0 Å². The maximum Gasteiger partial charge on any atom is 0.282 e. The van der Waals surface area contributed by atoms with Crippen LogP contribution in [0.4, 0.5) is 10.1 Å². The predicted octanol–water partition coefficient (Wildman–Crippen LogP) is 8.17. The summed E-state index contributed by atoms with van der Waals surface area (Å²) in [6.07, 6.45) is 6.82. The predicted molar refractivity (Wildman–Crippen MR) is 176 cm³/mol. The molecule has 0 aliphatic heterocycles. The molecule has 43 heavy (non-hydrogen) atoms. The molecule has 8 nitrogen and oxygen atoms in total. The summed E-state index contributed by atoms with van der Waals surface area (Å²) in [5.74, 6) is 0.541. The van der Waals surface area contributed by atoms with Crippen LogP contribution in [0.2, 0.25) is 0 Å². The fourth-order valence-corrected chi connectivity index (χ4v) is 6.32. The van der Waals surface area contributed by atoms with Crippen LogP contribution >= 0.6 is 47.8 Å². The summed E-state index contributed by atoms with van der Waals surface area (Å²) < 4.78 is 28.5. The number of halogens is 4. The van der Waals surface area contributed by atoms with E-state index in [4.69, 9.17) is 14.5 Å². The Morgan fingerprint density at radius 2 is 1.88 bits per heavy atom. The second kappa shape index (κ2) is 14.1. The standard InChI is InChI=1S/C31H28Br3FN4O4/c1-2-42-25-13-19(27(33)28(34)29(25)43-17-26(40)37-22-10-6-9-21(35)15-22)16-36-39-30(18-7-4-3-5-8-18)38-24-12-11-20(32)14-23(24)31(39)41/h6,9-16,18H,2-5,7-8,17H2,1H3,(H,37,40). The lowest BCUT2D eigenvalue weighted by atomic mass is 9.88. The minimum Gasteiger partial charge on any atom is -0.490 e. The smallest absolute Gasteiger partial charge is 0.282 e. The van der Waals surface area contributed by atoms with Gasteiger partial charge in [-0.2, -0.15) is 9.78 Å². The van der Waals surface area contributed by atoms with Crippen molar-refractivity contribution in [2.45, 2.75) is 44.9 Å². The Balaban J connectivity index is 1.47. The van der Waals surface area contributed by atoms with Crippen molar-refractivity contribution in [2.75, 3.05) is 18.5 Å². The zero-order chi connectivity index (χ0) is 30.5. The molecule has 1 aromatic heterocycles. The highest BCUT2D eigenvalue weighted by atomic mass is 79.9. The van der Waals surface area contributed by atoms with Gasteiger partial charge in [-0.25, -0.2) is 9.37 Å². The molecule has 1 amide bonds. The number of fused-ring (bicyclic) bond motifs is 1. The van der Waals surface area contributed by atoms with E-state index in [1.165, 1.54) is 29.3 Å². The summed E-state index contributed by atoms with van der Waals surface area (Å²) in [4.78, 5) is 31.1. The normalized spacial score (nSPS) is 13.9. The molecule has 1 heterocycles. The minimum atomic E-state index is -0.466. The van der Waals surface area contributed by atoms with E-state index < -0.39 is 11.7 Å². The second-order valence-corrected chi connectivity index (χ2v) is 12.5. The van der Waals surface area contributed by atoms with Gasteiger partial charge >= 0.3 is 0 Å². The van der Waals surface area contributed by atoms with Crippen LogP contribution in [0.5, 0.6) is 11.5 Å². The van der Waals surface area contributed by atoms with E-state index in [1.54, 1.807) is 24.4 Å². The van der Waals surface area contributed by atoms with Crippen molar-refractivity contribution in [3.05, 3.63) is 89.5 Å². The Bertz CT molecular complexity index is 1760. The third-order valence-corrected chi connectivity index (χ3v) is 9.66. The highest BCUT2D eigenvalue weighted by Crippen LogP contribution is 2.42. The first-order valence-corrected chi connectivity index (χ1v) is 16.2. The minimum absolute atomic E-state index is 0.134. The number of nitrogens with zero attached hydrogens (tertiary/aromatic N) is 3.